The molecule has 0 radical (unpaired) electrons. The van der Waals surface area contributed by atoms with E-state index in [-0.39, 0.29) is 12.5 Å². The predicted octanol–water partition coefficient (Wildman–Crippen LogP) is 4.60. The van der Waals surface area contributed by atoms with Crippen LogP contribution in [-0.4, -0.2) is 30.3 Å². The summed E-state index contributed by atoms with van der Waals surface area (Å²) in [5.41, 5.74) is 4.81. The van der Waals surface area contributed by atoms with E-state index in [1.807, 2.05) is 54.6 Å². The van der Waals surface area contributed by atoms with Crippen LogP contribution in [-0.2, 0) is 17.8 Å². The number of para-hydroxylation sites is 1. The second-order valence-electron chi connectivity index (χ2n) is 7.32. The van der Waals surface area contributed by atoms with E-state index in [0.717, 1.165) is 41.0 Å². The van der Waals surface area contributed by atoms with Crippen molar-refractivity contribution in [1.29, 1.82) is 0 Å². The predicted molar refractivity (Wildman–Crippen MR) is 119 cm³/mol. The number of hydrogen-bond acceptors (Lipinski definition) is 4. The molecule has 0 spiro atoms. The molecule has 30 heavy (non-hydrogen) atoms. The van der Waals surface area contributed by atoms with Gasteiger partial charge in [0.15, 0.2) is 0 Å². The highest BCUT2D eigenvalue weighted by molar-refractivity contribution is 6.32. The molecule has 0 unspecified atom stereocenters. The summed E-state index contributed by atoms with van der Waals surface area (Å²) < 4.78 is 5.97. The molecule has 3 aromatic rings. The zero-order valence-corrected chi connectivity index (χ0v) is 17.2. The Hall–Kier alpha value is -3.02. The fraction of sp³-hybridized carbons (Fsp3) is 0.208. The van der Waals surface area contributed by atoms with Crippen LogP contribution in [0.5, 0.6) is 5.75 Å². The third kappa shape index (κ3) is 4.93. The number of carbonyl (C=O) groups is 1. The molecule has 0 aromatic heterocycles. The van der Waals surface area contributed by atoms with E-state index in [0.29, 0.717) is 17.3 Å². The third-order valence-corrected chi connectivity index (χ3v) is 5.38. The minimum atomic E-state index is -0.843. The smallest absolute Gasteiger partial charge is 0.307 e. The van der Waals surface area contributed by atoms with Crippen LogP contribution in [0.4, 0.5) is 5.69 Å². The molecule has 3 aromatic carbocycles. The molecular formula is C24H23ClN2O3. The molecule has 5 nitrogen and oxygen atoms in total. The molecule has 1 fully saturated rings. The average molecular weight is 423 g/mol. The number of hydrogen-bond donors (Lipinski definition) is 3. The molecule has 3 N–H and O–H groups in total. The van der Waals surface area contributed by atoms with Gasteiger partial charge in [0.2, 0.25) is 0 Å². The molecular weight excluding hydrogens is 400 g/mol. The number of ether oxygens (including phenoxy) is 1. The number of aliphatic carboxylic acids is 1. The second-order valence-corrected chi connectivity index (χ2v) is 7.73. The molecule has 0 bridgehead atoms. The van der Waals surface area contributed by atoms with Crippen molar-refractivity contribution in [3.05, 3.63) is 82.9 Å². The summed E-state index contributed by atoms with van der Waals surface area (Å²) in [6.07, 6.45) is 0.159. The summed E-state index contributed by atoms with van der Waals surface area (Å²) in [4.78, 5) is 11.1. The molecule has 1 heterocycles. The summed E-state index contributed by atoms with van der Waals surface area (Å²) in [6.45, 7) is 2.27. The first-order valence-electron chi connectivity index (χ1n) is 9.88. The molecule has 0 aliphatic carbocycles. The van der Waals surface area contributed by atoms with Gasteiger partial charge in [-0.15, -0.1) is 0 Å². The van der Waals surface area contributed by atoms with Crippen LogP contribution in [0.25, 0.3) is 11.1 Å². The largest absolute Gasteiger partial charge is 0.486 e. The topological polar surface area (TPSA) is 70.6 Å². The lowest BCUT2D eigenvalue weighted by Crippen LogP contribution is -2.50. The monoisotopic (exact) mass is 422 g/mol. The standard InChI is InChI=1S/C24H23ClN2O3/c25-21-9-8-18(11-23(21)30-20-14-26-15-20)17-6-3-4-16(10-17)13-27-22-7-2-1-5-19(22)12-24(28)29/h1-11,20,26-27H,12-15H2,(H,28,29). The molecule has 6 heteroatoms. The van der Waals surface area contributed by atoms with E-state index in [1.165, 1.54) is 0 Å². The first kappa shape index (κ1) is 20.3. The lowest BCUT2D eigenvalue weighted by molar-refractivity contribution is -0.136. The second kappa shape index (κ2) is 9.20. The van der Waals surface area contributed by atoms with Crippen molar-refractivity contribution in [2.75, 3.05) is 18.4 Å². The highest BCUT2D eigenvalue weighted by Gasteiger charge is 2.19. The SMILES string of the molecule is O=C(O)Cc1ccccc1NCc1cccc(-c2ccc(Cl)c(OC3CNC3)c2)c1. The van der Waals surface area contributed by atoms with Gasteiger partial charge in [-0.3, -0.25) is 4.79 Å². The van der Waals surface area contributed by atoms with Gasteiger partial charge in [0.25, 0.3) is 0 Å². The van der Waals surface area contributed by atoms with Crippen LogP contribution in [0.3, 0.4) is 0 Å². The van der Waals surface area contributed by atoms with Crippen LogP contribution < -0.4 is 15.4 Å². The summed E-state index contributed by atoms with van der Waals surface area (Å²) in [5.74, 6) is -0.142. The highest BCUT2D eigenvalue weighted by atomic mass is 35.5. The quantitative estimate of drug-likeness (QED) is 0.495. The maximum Gasteiger partial charge on any atom is 0.307 e. The van der Waals surface area contributed by atoms with Crippen molar-refractivity contribution >= 4 is 23.3 Å². The van der Waals surface area contributed by atoms with Gasteiger partial charge in [-0.05, 0) is 46.5 Å². The summed E-state index contributed by atoms with van der Waals surface area (Å²) in [7, 11) is 0. The Morgan fingerprint density at radius 1 is 1.07 bits per heavy atom. The van der Waals surface area contributed by atoms with Crippen LogP contribution in [0.15, 0.2) is 66.7 Å². The molecule has 0 saturated carbocycles. The number of nitrogens with one attached hydrogen (secondary N) is 2. The fourth-order valence-corrected chi connectivity index (χ4v) is 3.53. The van der Waals surface area contributed by atoms with Gasteiger partial charge in [-0.1, -0.05) is 54.1 Å². The van der Waals surface area contributed by atoms with Crippen LogP contribution in [0.2, 0.25) is 5.02 Å². The Morgan fingerprint density at radius 3 is 2.63 bits per heavy atom. The minimum absolute atomic E-state index is 0.00667. The molecule has 154 valence electrons. The van der Waals surface area contributed by atoms with Gasteiger partial charge < -0.3 is 20.5 Å². The fourth-order valence-electron chi connectivity index (χ4n) is 3.37. The van der Waals surface area contributed by atoms with Gasteiger partial charge >= 0.3 is 5.97 Å². The van der Waals surface area contributed by atoms with Crippen molar-refractivity contribution in [2.24, 2.45) is 0 Å². The molecule has 4 rings (SSSR count). The maximum atomic E-state index is 11.1. The van der Waals surface area contributed by atoms with Crippen molar-refractivity contribution in [1.82, 2.24) is 5.32 Å². The van der Waals surface area contributed by atoms with E-state index in [1.54, 1.807) is 0 Å². The van der Waals surface area contributed by atoms with E-state index in [9.17, 15) is 4.79 Å². The van der Waals surface area contributed by atoms with Crippen LogP contribution in [0, 0.1) is 0 Å². The van der Waals surface area contributed by atoms with Gasteiger partial charge in [0.05, 0.1) is 11.4 Å². The first-order valence-corrected chi connectivity index (χ1v) is 10.3. The van der Waals surface area contributed by atoms with Gasteiger partial charge in [0.1, 0.15) is 11.9 Å². The van der Waals surface area contributed by atoms with E-state index >= 15 is 0 Å². The number of anilines is 1. The number of carboxylic acids is 1. The Kier molecular flexibility index (Phi) is 6.21. The van der Waals surface area contributed by atoms with Crippen LogP contribution in [0.1, 0.15) is 11.1 Å². The molecule has 1 saturated heterocycles. The van der Waals surface area contributed by atoms with Crippen molar-refractivity contribution in [3.63, 3.8) is 0 Å². The first-order chi connectivity index (χ1) is 14.6. The average Bonchev–Trinajstić information content (AvgIpc) is 2.71. The Bertz CT molecular complexity index is 1050. The molecule has 1 aliphatic heterocycles. The minimum Gasteiger partial charge on any atom is -0.486 e. The molecule has 1 aliphatic rings. The Balaban J connectivity index is 1.50. The van der Waals surface area contributed by atoms with Gasteiger partial charge in [0, 0.05) is 25.3 Å². The summed E-state index contributed by atoms with van der Waals surface area (Å²) in [6, 6.07) is 21.6. The summed E-state index contributed by atoms with van der Waals surface area (Å²) >= 11 is 6.31. The lowest BCUT2D eigenvalue weighted by Gasteiger charge is -2.28. The molecule has 0 atom stereocenters. The Morgan fingerprint density at radius 2 is 1.87 bits per heavy atom. The number of benzene rings is 3. The van der Waals surface area contributed by atoms with E-state index < -0.39 is 5.97 Å². The van der Waals surface area contributed by atoms with Crippen LogP contribution >= 0.6 is 11.6 Å². The van der Waals surface area contributed by atoms with E-state index in [4.69, 9.17) is 21.4 Å². The highest BCUT2D eigenvalue weighted by Crippen LogP contribution is 2.32. The number of carboxylic acid groups (broad SMARTS) is 1. The number of rotatable bonds is 8. The van der Waals surface area contributed by atoms with Crippen molar-refractivity contribution < 1.29 is 14.6 Å². The third-order valence-electron chi connectivity index (χ3n) is 5.07. The van der Waals surface area contributed by atoms with Crippen molar-refractivity contribution in [2.45, 2.75) is 19.1 Å². The molecule has 0 amide bonds. The number of halogens is 1. The zero-order valence-electron chi connectivity index (χ0n) is 16.4. The normalized spacial score (nSPS) is 13.5. The van der Waals surface area contributed by atoms with E-state index in [2.05, 4.69) is 22.8 Å². The van der Waals surface area contributed by atoms with Crippen molar-refractivity contribution in [3.8, 4) is 16.9 Å². The lowest BCUT2D eigenvalue weighted by atomic mass is 10.0. The summed E-state index contributed by atoms with van der Waals surface area (Å²) in [5, 5.41) is 16.3. The van der Waals surface area contributed by atoms with Gasteiger partial charge in [-0.25, -0.2) is 0 Å². The van der Waals surface area contributed by atoms with Gasteiger partial charge in [-0.2, -0.15) is 0 Å². The Labute approximate surface area is 180 Å². The maximum absolute atomic E-state index is 11.1. The zero-order chi connectivity index (χ0) is 20.9.